The van der Waals surface area contributed by atoms with E-state index in [1.54, 1.807) is 11.3 Å². The lowest BCUT2D eigenvalue weighted by Crippen LogP contribution is -2.38. The first-order valence-corrected chi connectivity index (χ1v) is 12.4. The van der Waals surface area contributed by atoms with Gasteiger partial charge in [-0.05, 0) is 77.7 Å². The highest BCUT2D eigenvalue weighted by molar-refractivity contribution is 7.10. The highest BCUT2D eigenvalue weighted by Gasteiger charge is 2.31. The number of rotatable bonds is 8. The molecular formula is C26H30ClN5S. The number of likely N-dealkylation sites (tertiary alicyclic amines) is 1. The fourth-order valence-corrected chi connectivity index (χ4v) is 5.58. The van der Waals surface area contributed by atoms with Crippen molar-refractivity contribution >= 4 is 23.7 Å². The normalized spacial score (nSPS) is 15.8. The molecule has 1 unspecified atom stereocenters. The minimum absolute atomic E-state index is 0. The SMILES string of the molecule is Cl.c1ccc(CCn2nnnc2C(c2cccs2)N2CCC(Cc3ccccc3)CC2)cc1. The van der Waals surface area contributed by atoms with Gasteiger partial charge in [0.15, 0.2) is 5.82 Å². The molecule has 0 spiro atoms. The van der Waals surface area contributed by atoms with E-state index in [2.05, 4.69) is 98.6 Å². The van der Waals surface area contributed by atoms with Gasteiger partial charge in [0.25, 0.3) is 0 Å². The fraction of sp³-hybridized carbons (Fsp3) is 0.346. The maximum absolute atomic E-state index is 4.51. The van der Waals surface area contributed by atoms with Crippen molar-refractivity contribution in [2.75, 3.05) is 13.1 Å². The summed E-state index contributed by atoms with van der Waals surface area (Å²) < 4.78 is 2.01. The van der Waals surface area contributed by atoms with E-state index in [0.717, 1.165) is 37.8 Å². The maximum atomic E-state index is 4.51. The van der Waals surface area contributed by atoms with Crippen LogP contribution in [0.5, 0.6) is 0 Å². The predicted molar refractivity (Wildman–Crippen MR) is 136 cm³/mol. The number of halogens is 1. The maximum Gasteiger partial charge on any atom is 0.173 e. The number of thiophene rings is 1. The van der Waals surface area contributed by atoms with Gasteiger partial charge in [0, 0.05) is 11.4 Å². The highest BCUT2D eigenvalue weighted by atomic mass is 35.5. The van der Waals surface area contributed by atoms with Gasteiger partial charge in [-0.2, -0.15) is 0 Å². The zero-order chi connectivity index (χ0) is 21.6. The minimum atomic E-state index is 0. The molecule has 1 fully saturated rings. The van der Waals surface area contributed by atoms with Crippen molar-refractivity contribution in [3.63, 3.8) is 0 Å². The van der Waals surface area contributed by atoms with E-state index in [4.69, 9.17) is 0 Å². The summed E-state index contributed by atoms with van der Waals surface area (Å²) in [4.78, 5) is 3.90. The van der Waals surface area contributed by atoms with Crippen molar-refractivity contribution in [2.24, 2.45) is 5.92 Å². The van der Waals surface area contributed by atoms with Crippen LogP contribution < -0.4 is 0 Å². The van der Waals surface area contributed by atoms with Crippen LogP contribution in [0.3, 0.4) is 0 Å². The lowest BCUT2D eigenvalue weighted by Gasteiger charge is -2.36. The highest BCUT2D eigenvalue weighted by Crippen LogP contribution is 2.34. The second kappa shape index (κ2) is 11.5. The van der Waals surface area contributed by atoms with Gasteiger partial charge in [-0.25, -0.2) is 4.68 Å². The molecule has 0 aliphatic carbocycles. The summed E-state index contributed by atoms with van der Waals surface area (Å²) in [6.45, 7) is 2.94. The van der Waals surface area contributed by atoms with E-state index in [1.165, 1.54) is 35.3 Å². The van der Waals surface area contributed by atoms with E-state index in [1.807, 2.05) is 4.68 Å². The van der Waals surface area contributed by atoms with Crippen LogP contribution in [0.25, 0.3) is 0 Å². The Morgan fingerprint density at radius 2 is 1.58 bits per heavy atom. The average molecular weight is 480 g/mol. The molecule has 5 nitrogen and oxygen atoms in total. The number of hydrogen-bond donors (Lipinski definition) is 0. The van der Waals surface area contributed by atoms with Crippen LogP contribution in [0.15, 0.2) is 78.2 Å². The third-order valence-corrected chi connectivity index (χ3v) is 7.38. The van der Waals surface area contributed by atoms with Crippen molar-refractivity contribution < 1.29 is 0 Å². The molecule has 1 aliphatic heterocycles. The van der Waals surface area contributed by atoms with Crippen LogP contribution in [0.1, 0.15) is 40.7 Å². The number of piperidine rings is 1. The third-order valence-electron chi connectivity index (χ3n) is 6.45. The standard InChI is InChI=1S/C26H29N5S.ClH/c1-3-8-21(9-4-1)15-18-31-26(27-28-29-31)25(24-12-7-19-32-24)30-16-13-23(14-17-30)20-22-10-5-2-6-11-22;/h1-12,19,23,25H,13-18,20H2;1H. The molecule has 5 rings (SSSR count). The largest absolute Gasteiger partial charge is 0.289 e. The van der Waals surface area contributed by atoms with Gasteiger partial charge in [-0.15, -0.1) is 28.8 Å². The Balaban J connectivity index is 0.00000259. The van der Waals surface area contributed by atoms with Crippen LogP contribution in [-0.4, -0.2) is 38.2 Å². The van der Waals surface area contributed by atoms with Crippen molar-refractivity contribution in [3.8, 4) is 0 Å². The molecule has 0 bridgehead atoms. The molecule has 0 amide bonds. The Kier molecular flexibility index (Phi) is 8.26. The van der Waals surface area contributed by atoms with Gasteiger partial charge < -0.3 is 0 Å². The quantitative estimate of drug-likeness (QED) is 0.337. The first kappa shape index (κ1) is 23.6. The Labute approximate surface area is 205 Å². The lowest BCUT2D eigenvalue weighted by molar-refractivity contribution is 0.145. The topological polar surface area (TPSA) is 46.8 Å². The monoisotopic (exact) mass is 479 g/mol. The number of aromatic nitrogens is 4. The predicted octanol–water partition coefficient (Wildman–Crippen LogP) is 5.44. The lowest BCUT2D eigenvalue weighted by atomic mass is 9.89. The second-order valence-corrected chi connectivity index (χ2v) is 9.56. The fourth-order valence-electron chi connectivity index (χ4n) is 4.73. The molecule has 4 aromatic rings. The molecule has 0 radical (unpaired) electrons. The zero-order valence-electron chi connectivity index (χ0n) is 18.7. The summed E-state index contributed by atoms with van der Waals surface area (Å²) in [5.74, 6) is 1.71. The van der Waals surface area contributed by atoms with Crippen LogP contribution in [0.2, 0.25) is 0 Å². The zero-order valence-corrected chi connectivity index (χ0v) is 20.3. The van der Waals surface area contributed by atoms with E-state index in [9.17, 15) is 0 Å². The molecule has 1 saturated heterocycles. The van der Waals surface area contributed by atoms with E-state index >= 15 is 0 Å². The van der Waals surface area contributed by atoms with Gasteiger partial charge in [-0.3, -0.25) is 4.90 Å². The number of nitrogens with zero attached hydrogens (tertiary/aromatic N) is 5. The number of hydrogen-bond acceptors (Lipinski definition) is 5. The van der Waals surface area contributed by atoms with E-state index < -0.39 is 0 Å². The van der Waals surface area contributed by atoms with Crippen LogP contribution in [-0.2, 0) is 19.4 Å². The molecular weight excluding hydrogens is 450 g/mol. The average Bonchev–Trinajstić information content (AvgIpc) is 3.54. The van der Waals surface area contributed by atoms with Crippen molar-refractivity contribution in [1.29, 1.82) is 0 Å². The summed E-state index contributed by atoms with van der Waals surface area (Å²) >= 11 is 1.80. The smallest absolute Gasteiger partial charge is 0.173 e. The van der Waals surface area contributed by atoms with Gasteiger partial charge in [-0.1, -0.05) is 66.7 Å². The van der Waals surface area contributed by atoms with Gasteiger partial charge in [0.2, 0.25) is 0 Å². The van der Waals surface area contributed by atoms with Crippen molar-refractivity contribution in [3.05, 3.63) is 100 Å². The van der Waals surface area contributed by atoms with Crippen LogP contribution in [0, 0.1) is 5.92 Å². The molecule has 172 valence electrons. The number of aryl methyl sites for hydroxylation is 2. The molecule has 2 aromatic heterocycles. The molecule has 0 N–H and O–H groups in total. The van der Waals surface area contributed by atoms with Gasteiger partial charge >= 0.3 is 0 Å². The van der Waals surface area contributed by atoms with Gasteiger partial charge in [0.05, 0.1) is 0 Å². The number of benzene rings is 2. The van der Waals surface area contributed by atoms with Crippen LogP contribution in [0.4, 0.5) is 0 Å². The molecule has 2 aromatic carbocycles. The molecule has 1 atom stereocenters. The Morgan fingerprint density at radius 1 is 0.879 bits per heavy atom. The van der Waals surface area contributed by atoms with Crippen molar-refractivity contribution in [2.45, 2.75) is 38.3 Å². The van der Waals surface area contributed by atoms with Gasteiger partial charge in [0.1, 0.15) is 6.04 Å². The Hall–Kier alpha value is -2.54. The minimum Gasteiger partial charge on any atom is -0.289 e. The molecule has 0 saturated carbocycles. The Morgan fingerprint density at radius 3 is 2.24 bits per heavy atom. The molecule has 3 heterocycles. The second-order valence-electron chi connectivity index (χ2n) is 8.58. The summed E-state index contributed by atoms with van der Waals surface area (Å²) in [5, 5.41) is 15.1. The summed E-state index contributed by atoms with van der Waals surface area (Å²) in [6, 6.07) is 25.9. The van der Waals surface area contributed by atoms with E-state index in [-0.39, 0.29) is 18.4 Å². The first-order valence-electron chi connectivity index (χ1n) is 11.5. The molecule has 7 heteroatoms. The first-order chi connectivity index (χ1) is 15.9. The van der Waals surface area contributed by atoms with Crippen LogP contribution >= 0.6 is 23.7 Å². The molecule has 33 heavy (non-hydrogen) atoms. The number of tetrazole rings is 1. The molecule has 1 aliphatic rings. The third kappa shape index (κ3) is 5.88. The summed E-state index contributed by atoms with van der Waals surface area (Å²) in [5.41, 5.74) is 2.76. The Bertz CT molecular complexity index is 1080. The summed E-state index contributed by atoms with van der Waals surface area (Å²) in [7, 11) is 0. The summed E-state index contributed by atoms with van der Waals surface area (Å²) in [6.07, 6.45) is 4.52. The van der Waals surface area contributed by atoms with Crippen molar-refractivity contribution in [1.82, 2.24) is 25.1 Å². The van der Waals surface area contributed by atoms with E-state index in [0.29, 0.717) is 0 Å².